The number of nitrogens with one attached hydrogen (secondary N) is 1. The van der Waals surface area contributed by atoms with Crippen LogP contribution in [0.4, 0.5) is 5.82 Å². The van der Waals surface area contributed by atoms with Crippen molar-refractivity contribution in [3.63, 3.8) is 0 Å². The third-order valence-corrected chi connectivity index (χ3v) is 5.88. The van der Waals surface area contributed by atoms with E-state index in [1.54, 1.807) is 12.4 Å². The largest absolute Gasteiger partial charge is 0.366 e. The second-order valence-electron chi connectivity index (χ2n) is 5.89. The van der Waals surface area contributed by atoms with Crippen molar-refractivity contribution in [2.45, 2.75) is 12.5 Å². The quantitative estimate of drug-likeness (QED) is 0.787. The first-order valence-corrected chi connectivity index (χ1v) is 9.57. The fraction of sp³-hybridized carbons (Fsp3) is 0.235. The molecule has 4 rings (SSSR count). The zero-order chi connectivity index (χ0) is 16.6. The molecule has 0 radical (unpaired) electrons. The number of pyridine rings is 1. The van der Waals surface area contributed by atoms with Gasteiger partial charge in [0, 0.05) is 29.4 Å². The van der Waals surface area contributed by atoms with Crippen molar-refractivity contribution >= 4 is 26.6 Å². The molecule has 1 fully saturated rings. The Labute approximate surface area is 139 Å². The molecule has 1 unspecified atom stereocenters. The Morgan fingerprint density at radius 3 is 2.58 bits per heavy atom. The van der Waals surface area contributed by atoms with E-state index in [4.69, 9.17) is 0 Å². The Kier molecular flexibility index (Phi) is 3.65. The van der Waals surface area contributed by atoms with Crippen molar-refractivity contribution in [2.24, 2.45) is 0 Å². The minimum atomic E-state index is -2.95. The van der Waals surface area contributed by atoms with Gasteiger partial charge in [-0.15, -0.1) is 0 Å². The van der Waals surface area contributed by atoms with Crippen LogP contribution >= 0.6 is 0 Å². The maximum atomic E-state index is 11.7. The van der Waals surface area contributed by atoms with Gasteiger partial charge in [-0.2, -0.15) is 0 Å². The Hall–Kier alpha value is -2.54. The fourth-order valence-electron chi connectivity index (χ4n) is 2.92. The van der Waals surface area contributed by atoms with E-state index in [9.17, 15) is 8.42 Å². The van der Waals surface area contributed by atoms with Gasteiger partial charge in [0.2, 0.25) is 0 Å². The standard InChI is InChI=1S/C17H16N4O2S/c22-24(23)10-7-13(11-24)19-17-14-3-1-2-4-15(14)20-16(21-17)12-5-8-18-9-6-12/h1-6,8-9,13H,7,10-11H2,(H,19,20,21). The molecule has 1 aliphatic rings. The Balaban J connectivity index is 1.78. The molecule has 6 nitrogen and oxygen atoms in total. The average Bonchev–Trinajstić information content (AvgIpc) is 2.94. The lowest BCUT2D eigenvalue weighted by Gasteiger charge is -2.15. The lowest BCUT2D eigenvalue weighted by molar-refractivity contribution is 0.602. The Morgan fingerprint density at radius 2 is 1.83 bits per heavy atom. The zero-order valence-electron chi connectivity index (χ0n) is 12.9. The van der Waals surface area contributed by atoms with Crippen LogP contribution in [0.1, 0.15) is 6.42 Å². The predicted octanol–water partition coefficient (Wildman–Crippen LogP) is 2.29. The van der Waals surface area contributed by atoms with Gasteiger partial charge in [0.1, 0.15) is 5.82 Å². The maximum absolute atomic E-state index is 11.7. The third kappa shape index (κ3) is 2.94. The number of aromatic nitrogens is 3. The van der Waals surface area contributed by atoms with E-state index < -0.39 is 9.84 Å². The number of nitrogens with zero attached hydrogens (tertiary/aromatic N) is 3. The molecule has 7 heteroatoms. The molecule has 0 bridgehead atoms. The molecule has 24 heavy (non-hydrogen) atoms. The topological polar surface area (TPSA) is 84.8 Å². The first kappa shape index (κ1) is 15.0. The molecule has 1 atom stereocenters. The van der Waals surface area contributed by atoms with Crippen molar-refractivity contribution in [2.75, 3.05) is 16.8 Å². The molecule has 1 N–H and O–H groups in total. The van der Waals surface area contributed by atoms with E-state index in [2.05, 4.69) is 20.3 Å². The maximum Gasteiger partial charge on any atom is 0.162 e. The van der Waals surface area contributed by atoms with Crippen LogP contribution in [0, 0.1) is 0 Å². The van der Waals surface area contributed by atoms with Gasteiger partial charge in [0.25, 0.3) is 0 Å². The molecule has 3 heterocycles. The molecule has 0 spiro atoms. The number of sulfone groups is 1. The lowest BCUT2D eigenvalue weighted by Crippen LogP contribution is -2.21. The minimum Gasteiger partial charge on any atom is -0.366 e. The van der Waals surface area contributed by atoms with Crippen molar-refractivity contribution in [3.05, 3.63) is 48.8 Å². The van der Waals surface area contributed by atoms with Crippen LogP contribution < -0.4 is 5.32 Å². The van der Waals surface area contributed by atoms with Gasteiger partial charge in [-0.05, 0) is 30.7 Å². The van der Waals surface area contributed by atoms with Gasteiger partial charge < -0.3 is 5.32 Å². The summed E-state index contributed by atoms with van der Waals surface area (Å²) in [7, 11) is -2.95. The van der Waals surface area contributed by atoms with Gasteiger partial charge in [0.05, 0.1) is 17.0 Å². The van der Waals surface area contributed by atoms with Crippen molar-refractivity contribution in [1.29, 1.82) is 0 Å². The summed E-state index contributed by atoms with van der Waals surface area (Å²) in [5.74, 6) is 1.65. The summed E-state index contributed by atoms with van der Waals surface area (Å²) in [6, 6.07) is 11.3. The first-order chi connectivity index (χ1) is 11.6. The average molecular weight is 340 g/mol. The highest BCUT2D eigenvalue weighted by molar-refractivity contribution is 7.91. The van der Waals surface area contributed by atoms with Gasteiger partial charge in [0.15, 0.2) is 15.7 Å². The monoisotopic (exact) mass is 340 g/mol. The van der Waals surface area contributed by atoms with Crippen LogP contribution in [-0.4, -0.2) is 40.9 Å². The fourth-order valence-corrected chi connectivity index (χ4v) is 4.59. The first-order valence-electron chi connectivity index (χ1n) is 7.75. The van der Waals surface area contributed by atoms with Crippen LogP contribution in [0.2, 0.25) is 0 Å². The summed E-state index contributed by atoms with van der Waals surface area (Å²) in [6.07, 6.45) is 4.00. The smallest absolute Gasteiger partial charge is 0.162 e. The number of benzene rings is 1. The number of fused-ring (bicyclic) bond motifs is 1. The summed E-state index contributed by atoms with van der Waals surface area (Å²) in [5.41, 5.74) is 1.69. The van der Waals surface area contributed by atoms with E-state index in [0.717, 1.165) is 16.5 Å². The van der Waals surface area contributed by atoms with Crippen LogP contribution in [-0.2, 0) is 9.84 Å². The number of anilines is 1. The molecule has 1 aliphatic heterocycles. The normalized spacial score (nSPS) is 19.4. The number of hydrogen-bond acceptors (Lipinski definition) is 6. The molecule has 1 aromatic carbocycles. The second-order valence-corrected chi connectivity index (χ2v) is 8.12. The highest BCUT2D eigenvalue weighted by Gasteiger charge is 2.28. The summed E-state index contributed by atoms with van der Waals surface area (Å²) < 4.78 is 23.4. The van der Waals surface area contributed by atoms with E-state index >= 15 is 0 Å². The van der Waals surface area contributed by atoms with Gasteiger partial charge in [-0.1, -0.05) is 12.1 Å². The van der Waals surface area contributed by atoms with E-state index in [1.807, 2.05) is 36.4 Å². The number of hydrogen-bond donors (Lipinski definition) is 1. The second kappa shape index (κ2) is 5.83. The minimum absolute atomic E-state index is 0.112. The summed E-state index contributed by atoms with van der Waals surface area (Å²) >= 11 is 0. The highest BCUT2D eigenvalue weighted by Crippen LogP contribution is 2.26. The number of rotatable bonds is 3. The highest BCUT2D eigenvalue weighted by atomic mass is 32.2. The van der Waals surface area contributed by atoms with Crippen LogP contribution in [0.3, 0.4) is 0 Å². The summed E-state index contributed by atoms with van der Waals surface area (Å²) in [5, 5.41) is 4.19. The lowest BCUT2D eigenvalue weighted by atomic mass is 10.2. The SMILES string of the molecule is O=S1(=O)CCC(Nc2nc(-c3ccncc3)nc3ccccc23)C1. The van der Waals surface area contributed by atoms with Crippen LogP contribution in [0.25, 0.3) is 22.3 Å². The molecular weight excluding hydrogens is 324 g/mol. The number of para-hydroxylation sites is 1. The van der Waals surface area contributed by atoms with Crippen LogP contribution in [0.15, 0.2) is 48.8 Å². The molecule has 2 aromatic heterocycles. The zero-order valence-corrected chi connectivity index (χ0v) is 13.7. The molecule has 0 saturated carbocycles. The molecule has 0 aliphatic carbocycles. The summed E-state index contributed by atoms with van der Waals surface area (Å²) in [4.78, 5) is 13.3. The van der Waals surface area contributed by atoms with Crippen molar-refractivity contribution in [1.82, 2.24) is 15.0 Å². The van der Waals surface area contributed by atoms with Gasteiger partial charge in [-0.25, -0.2) is 18.4 Å². The summed E-state index contributed by atoms with van der Waals surface area (Å²) in [6.45, 7) is 0. The van der Waals surface area contributed by atoms with Gasteiger partial charge in [-0.3, -0.25) is 4.98 Å². The Bertz CT molecular complexity index is 990. The molecule has 3 aromatic rings. The van der Waals surface area contributed by atoms with E-state index in [1.165, 1.54) is 0 Å². The molecule has 122 valence electrons. The molecule has 1 saturated heterocycles. The molecular formula is C17H16N4O2S. The van der Waals surface area contributed by atoms with Crippen molar-refractivity contribution in [3.8, 4) is 11.4 Å². The van der Waals surface area contributed by atoms with Crippen molar-refractivity contribution < 1.29 is 8.42 Å². The Morgan fingerprint density at radius 1 is 1.04 bits per heavy atom. The van der Waals surface area contributed by atoms with Crippen LogP contribution in [0.5, 0.6) is 0 Å². The van der Waals surface area contributed by atoms with E-state index in [0.29, 0.717) is 18.1 Å². The van der Waals surface area contributed by atoms with E-state index in [-0.39, 0.29) is 17.5 Å². The molecule has 0 amide bonds. The third-order valence-electron chi connectivity index (χ3n) is 4.12. The van der Waals surface area contributed by atoms with Gasteiger partial charge >= 0.3 is 0 Å². The predicted molar refractivity (Wildman–Crippen MR) is 93.5 cm³/mol.